The first kappa shape index (κ1) is 18.2. The van der Waals surface area contributed by atoms with Crippen molar-refractivity contribution in [1.29, 1.82) is 0 Å². The first-order valence-corrected chi connectivity index (χ1v) is 8.38. The molecule has 0 aliphatic carbocycles. The topological polar surface area (TPSA) is 75.6 Å². The lowest BCUT2D eigenvalue weighted by molar-refractivity contribution is 0.0510. The lowest BCUT2D eigenvalue weighted by atomic mass is 10.2. The molecule has 1 rings (SSSR count). The summed E-state index contributed by atoms with van der Waals surface area (Å²) >= 11 is 0. The summed E-state index contributed by atoms with van der Waals surface area (Å²) in [4.78, 5) is 22.2. The molecule has 2 unspecified atom stereocenters. The summed E-state index contributed by atoms with van der Waals surface area (Å²) in [5.41, 5.74) is -1.23. The van der Waals surface area contributed by atoms with Gasteiger partial charge in [-0.2, -0.15) is 0 Å². The van der Waals surface area contributed by atoms with Gasteiger partial charge in [0, 0.05) is 14.0 Å². The summed E-state index contributed by atoms with van der Waals surface area (Å²) in [5.74, 6) is 0. The van der Waals surface area contributed by atoms with E-state index in [-0.39, 0.29) is 6.04 Å². The normalized spacial score (nSPS) is 22.2. The van der Waals surface area contributed by atoms with E-state index in [4.69, 9.17) is 9.84 Å². The van der Waals surface area contributed by atoms with Crippen LogP contribution in [0, 0.1) is 0 Å². The zero-order valence-electron chi connectivity index (χ0n) is 12.5. The van der Waals surface area contributed by atoms with Crippen molar-refractivity contribution in [3.63, 3.8) is 0 Å². The van der Waals surface area contributed by atoms with Crippen LogP contribution in [0.15, 0.2) is 0 Å². The van der Waals surface area contributed by atoms with Crippen LogP contribution in [0.2, 0.25) is 0 Å². The van der Waals surface area contributed by atoms with Gasteiger partial charge in [-0.3, -0.25) is 0 Å². The van der Waals surface area contributed by atoms with Crippen LogP contribution in [0.1, 0.15) is 47.5 Å². The zero-order valence-corrected chi connectivity index (χ0v) is 13.4. The standard InChI is InChI=1S/C10H18NO4P.C3H8/c1-10(2,3)15-8(12)11-7-4-5-16(6-7)9(13)14;1-3-2/h7H,4-6H2,1-3H3,(H,11,12)(H,13,14);3H2,1-2H3. The Bertz CT molecular complexity index is 302. The van der Waals surface area contributed by atoms with Gasteiger partial charge in [0.1, 0.15) is 5.60 Å². The Balaban J connectivity index is 0.000000982. The van der Waals surface area contributed by atoms with Crippen molar-refractivity contribution in [2.75, 3.05) is 12.3 Å². The summed E-state index contributed by atoms with van der Waals surface area (Å²) in [5, 5.41) is 11.5. The first-order chi connectivity index (χ1) is 8.69. The highest BCUT2D eigenvalue weighted by atomic mass is 31.1. The van der Waals surface area contributed by atoms with E-state index in [1.54, 1.807) is 20.8 Å². The van der Waals surface area contributed by atoms with Crippen molar-refractivity contribution in [2.24, 2.45) is 0 Å². The van der Waals surface area contributed by atoms with E-state index in [1.807, 2.05) is 0 Å². The summed E-state index contributed by atoms with van der Waals surface area (Å²) in [6, 6.07) is -0.0444. The van der Waals surface area contributed by atoms with Gasteiger partial charge >= 0.3 is 11.8 Å². The summed E-state index contributed by atoms with van der Waals surface area (Å²) < 4.78 is 5.11. The Morgan fingerprint density at radius 2 is 1.89 bits per heavy atom. The maximum absolute atomic E-state index is 11.4. The van der Waals surface area contributed by atoms with Crippen molar-refractivity contribution >= 4 is 19.7 Å². The third-order valence-corrected chi connectivity index (χ3v) is 4.40. The van der Waals surface area contributed by atoms with E-state index in [2.05, 4.69) is 19.2 Å². The lowest BCUT2D eigenvalue weighted by Gasteiger charge is -2.21. The van der Waals surface area contributed by atoms with Gasteiger partial charge in [-0.1, -0.05) is 20.3 Å². The maximum atomic E-state index is 11.4. The molecule has 0 radical (unpaired) electrons. The highest BCUT2D eigenvalue weighted by Crippen LogP contribution is 2.43. The van der Waals surface area contributed by atoms with E-state index in [9.17, 15) is 9.59 Å². The SMILES string of the molecule is CC(C)(C)OC(=O)NC1CCP(C(=O)O)C1.CCC. The number of carboxylic acid groups (broad SMARTS) is 1. The molecule has 112 valence electrons. The van der Waals surface area contributed by atoms with Gasteiger partial charge in [0.15, 0.2) is 0 Å². The molecule has 0 saturated carbocycles. The molecule has 2 atom stereocenters. The van der Waals surface area contributed by atoms with Crippen molar-refractivity contribution in [3.05, 3.63) is 0 Å². The van der Waals surface area contributed by atoms with Crippen LogP contribution in [0.4, 0.5) is 9.59 Å². The molecule has 0 spiro atoms. The average Bonchev–Trinajstić information content (AvgIpc) is 2.64. The second-order valence-electron chi connectivity index (χ2n) is 5.57. The Morgan fingerprint density at radius 1 is 1.37 bits per heavy atom. The maximum Gasteiger partial charge on any atom is 0.407 e. The monoisotopic (exact) mass is 291 g/mol. The second kappa shape index (κ2) is 8.36. The number of ether oxygens (including phenoxy) is 1. The number of hydrogen-bond donors (Lipinski definition) is 2. The fourth-order valence-corrected chi connectivity index (χ4v) is 3.49. The minimum atomic E-state index is -0.961. The Labute approximate surface area is 116 Å². The Hall–Kier alpha value is -0.830. The molecule has 0 aromatic rings. The summed E-state index contributed by atoms with van der Waals surface area (Å²) in [6.07, 6.45) is 2.77. The molecule has 2 N–H and O–H groups in total. The van der Waals surface area contributed by atoms with Gasteiger partial charge in [-0.15, -0.1) is 0 Å². The molecule has 19 heavy (non-hydrogen) atoms. The van der Waals surface area contributed by atoms with Crippen LogP contribution in [-0.2, 0) is 4.74 Å². The molecule has 0 aromatic carbocycles. The van der Waals surface area contributed by atoms with Crippen LogP contribution in [0.25, 0.3) is 0 Å². The van der Waals surface area contributed by atoms with Gasteiger partial charge in [-0.25, -0.2) is 9.59 Å². The van der Waals surface area contributed by atoms with E-state index < -0.39 is 25.3 Å². The molecule has 5 nitrogen and oxygen atoms in total. The molecule has 1 aliphatic heterocycles. The minimum Gasteiger partial charge on any atom is -0.478 e. The first-order valence-electron chi connectivity index (χ1n) is 6.67. The van der Waals surface area contributed by atoms with Crippen molar-refractivity contribution < 1.29 is 19.4 Å². The minimum absolute atomic E-state index is 0.0444. The van der Waals surface area contributed by atoms with Gasteiger partial charge in [0.25, 0.3) is 0 Å². The highest BCUT2D eigenvalue weighted by molar-refractivity contribution is 7.74. The molecule has 6 heteroatoms. The molecule has 1 fully saturated rings. The molecule has 1 amide bonds. The van der Waals surface area contributed by atoms with E-state index in [0.29, 0.717) is 12.3 Å². The number of carbonyl (C=O) groups excluding carboxylic acids is 1. The van der Waals surface area contributed by atoms with Gasteiger partial charge in [-0.05, 0) is 39.5 Å². The smallest absolute Gasteiger partial charge is 0.407 e. The summed E-state index contributed by atoms with van der Waals surface area (Å²) in [7, 11) is -0.961. The fraction of sp³-hybridized carbons (Fsp3) is 0.846. The van der Waals surface area contributed by atoms with E-state index >= 15 is 0 Å². The van der Waals surface area contributed by atoms with Crippen molar-refractivity contribution in [2.45, 2.75) is 59.1 Å². The number of alkyl carbamates (subject to hydrolysis) is 1. The quantitative estimate of drug-likeness (QED) is 0.757. The van der Waals surface area contributed by atoms with Crippen molar-refractivity contribution in [3.8, 4) is 0 Å². The van der Waals surface area contributed by atoms with Gasteiger partial charge in [0.05, 0.1) is 0 Å². The molecule has 0 aromatic heterocycles. The third kappa shape index (κ3) is 8.82. The van der Waals surface area contributed by atoms with Crippen LogP contribution in [0.5, 0.6) is 0 Å². The van der Waals surface area contributed by atoms with Gasteiger partial charge < -0.3 is 15.2 Å². The Kier molecular flexibility index (Phi) is 8.00. The zero-order chi connectivity index (χ0) is 15.1. The molecule has 1 heterocycles. The van der Waals surface area contributed by atoms with E-state index in [0.717, 1.165) is 6.42 Å². The number of rotatable bonds is 2. The number of amides is 1. The number of carbonyl (C=O) groups is 2. The highest BCUT2D eigenvalue weighted by Gasteiger charge is 2.31. The van der Waals surface area contributed by atoms with Crippen LogP contribution >= 0.6 is 7.92 Å². The average molecular weight is 291 g/mol. The molecular formula is C13H26NO4P. The number of nitrogens with one attached hydrogen (secondary N) is 1. The predicted molar refractivity (Wildman–Crippen MR) is 78.4 cm³/mol. The van der Waals surface area contributed by atoms with Crippen LogP contribution in [-0.4, -0.2) is 40.9 Å². The molecule has 1 saturated heterocycles. The van der Waals surface area contributed by atoms with Gasteiger partial charge in [0.2, 0.25) is 0 Å². The molecule has 0 bridgehead atoms. The Morgan fingerprint density at radius 3 is 2.26 bits per heavy atom. The number of hydrogen-bond acceptors (Lipinski definition) is 3. The van der Waals surface area contributed by atoms with Crippen LogP contribution in [0.3, 0.4) is 0 Å². The predicted octanol–water partition coefficient (Wildman–Crippen LogP) is 3.86. The molecular weight excluding hydrogens is 265 g/mol. The van der Waals surface area contributed by atoms with E-state index in [1.165, 1.54) is 6.42 Å². The van der Waals surface area contributed by atoms with Crippen molar-refractivity contribution in [1.82, 2.24) is 5.32 Å². The fourth-order valence-electron chi connectivity index (χ4n) is 1.53. The lowest BCUT2D eigenvalue weighted by Crippen LogP contribution is -2.39. The third-order valence-electron chi connectivity index (χ3n) is 2.18. The largest absolute Gasteiger partial charge is 0.478 e. The molecule has 1 aliphatic rings. The second-order valence-corrected chi connectivity index (χ2v) is 7.84. The van der Waals surface area contributed by atoms with Crippen LogP contribution < -0.4 is 5.32 Å². The summed E-state index contributed by atoms with van der Waals surface area (Å²) in [6.45, 7) is 9.64.